The Hall–Kier alpha value is -3.06. The maximum Gasteiger partial charge on any atom is 0.293 e. The van der Waals surface area contributed by atoms with Crippen molar-refractivity contribution in [2.75, 3.05) is 20.3 Å². The van der Waals surface area contributed by atoms with E-state index in [9.17, 15) is 14.4 Å². The molecule has 29 heavy (non-hydrogen) atoms. The number of benzene rings is 2. The Balaban J connectivity index is 1.76. The fraction of sp³-hybridized carbons (Fsp3) is 0.227. The quantitative estimate of drug-likeness (QED) is 0.473. The predicted molar refractivity (Wildman–Crippen MR) is 112 cm³/mol. The maximum atomic E-state index is 12.7. The number of methoxy groups -OCH3 is 1. The van der Waals surface area contributed by atoms with Gasteiger partial charge in [0.1, 0.15) is 0 Å². The van der Waals surface area contributed by atoms with Crippen LogP contribution in [0.4, 0.5) is 4.79 Å². The molecule has 0 aromatic heterocycles. The SMILES string of the molecule is CCCOc1ccc(/C=C2\SC(=O)N(CC(=O)c3ccccc3)C2=O)cc1OC. The van der Waals surface area contributed by atoms with E-state index in [-0.39, 0.29) is 17.2 Å². The molecule has 1 fully saturated rings. The van der Waals surface area contributed by atoms with Gasteiger partial charge in [-0.25, -0.2) is 0 Å². The van der Waals surface area contributed by atoms with Crippen molar-refractivity contribution in [1.82, 2.24) is 4.90 Å². The summed E-state index contributed by atoms with van der Waals surface area (Å²) < 4.78 is 11.0. The van der Waals surface area contributed by atoms with Gasteiger partial charge in [-0.1, -0.05) is 43.3 Å². The van der Waals surface area contributed by atoms with Crippen molar-refractivity contribution in [3.63, 3.8) is 0 Å². The molecule has 0 bridgehead atoms. The van der Waals surface area contributed by atoms with Gasteiger partial charge in [0.05, 0.1) is 25.2 Å². The highest BCUT2D eigenvalue weighted by Crippen LogP contribution is 2.34. The summed E-state index contributed by atoms with van der Waals surface area (Å²) in [6.45, 7) is 2.31. The Morgan fingerprint density at radius 3 is 2.55 bits per heavy atom. The summed E-state index contributed by atoms with van der Waals surface area (Å²) in [5.74, 6) is 0.404. The zero-order valence-corrected chi connectivity index (χ0v) is 17.0. The lowest BCUT2D eigenvalue weighted by Gasteiger charge is -2.11. The lowest BCUT2D eigenvalue weighted by atomic mass is 10.1. The Bertz CT molecular complexity index is 955. The number of carbonyl (C=O) groups excluding carboxylic acids is 3. The molecule has 1 aliphatic heterocycles. The van der Waals surface area contributed by atoms with Crippen LogP contribution in [0.2, 0.25) is 0 Å². The average Bonchev–Trinajstić information content (AvgIpc) is 3.00. The fourth-order valence-corrected chi connectivity index (χ4v) is 3.59. The first-order valence-corrected chi connectivity index (χ1v) is 9.99. The molecule has 2 aromatic carbocycles. The van der Waals surface area contributed by atoms with Crippen molar-refractivity contribution in [3.05, 3.63) is 64.6 Å². The zero-order chi connectivity index (χ0) is 20.8. The van der Waals surface area contributed by atoms with Crippen LogP contribution in [0.1, 0.15) is 29.3 Å². The summed E-state index contributed by atoms with van der Waals surface area (Å²) in [6.07, 6.45) is 2.49. The van der Waals surface area contributed by atoms with Crippen LogP contribution in [0.3, 0.4) is 0 Å². The minimum atomic E-state index is -0.477. The number of Topliss-reactive ketones (excluding diaryl/α,β-unsaturated/α-hetero) is 1. The number of amides is 2. The molecule has 0 atom stereocenters. The van der Waals surface area contributed by atoms with E-state index >= 15 is 0 Å². The summed E-state index contributed by atoms with van der Waals surface area (Å²) in [5, 5.41) is -0.458. The van der Waals surface area contributed by atoms with Crippen LogP contribution in [0.5, 0.6) is 11.5 Å². The molecule has 150 valence electrons. The summed E-state index contributed by atoms with van der Waals surface area (Å²) in [5.41, 5.74) is 1.16. The van der Waals surface area contributed by atoms with E-state index in [4.69, 9.17) is 9.47 Å². The molecular formula is C22H21NO5S. The second kappa shape index (κ2) is 9.43. The Labute approximate surface area is 173 Å². The highest BCUT2D eigenvalue weighted by atomic mass is 32.2. The third-order valence-corrected chi connectivity index (χ3v) is 5.13. The van der Waals surface area contributed by atoms with Crippen molar-refractivity contribution < 1.29 is 23.9 Å². The van der Waals surface area contributed by atoms with Gasteiger partial charge in [-0.15, -0.1) is 0 Å². The number of nitrogens with zero attached hydrogens (tertiary/aromatic N) is 1. The van der Waals surface area contributed by atoms with Crippen molar-refractivity contribution >= 4 is 34.8 Å². The summed E-state index contributed by atoms with van der Waals surface area (Å²) >= 11 is 0.820. The smallest absolute Gasteiger partial charge is 0.293 e. The molecule has 0 N–H and O–H groups in total. The van der Waals surface area contributed by atoms with Gasteiger partial charge in [0.25, 0.3) is 11.1 Å². The second-order valence-electron chi connectivity index (χ2n) is 6.32. The number of ether oxygens (including phenoxy) is 2. The molecule has 0 aliphatic carbocycles. The van der Waals surface area contributed by atoms with Crippen molar-refractivity contribution in [2.45, 2.75) is 13.3 Å². The van der Waals surface area contributed by atoms with Gasteiger partial charge in [0.2, 0.25) is 0 Å². The third kappa shape index (κ3) is 4.86. The normalized spacial score (nSPS) is 15.1. The highest BCUT2D eigenvalue weighted by Gasteiger charge is 2.36. The van der Waals surface area contributed by atoms with Crippen LogP contribution in [0, 0.1) is 0 Å². The Morgan fingerprint density at radius 1 is 1.10 bits per heavy atom. The summed E-state index contributed by atoms with van der Waals surface area (Å²) in [6, 6.07) is 13.9. The maximum absolute atomic E-state index is 12.7. The number of thioether (sulfide) groups is 1. The van der Waals surface area contributed by atoms with Gasteiger partial charge in [-0.3, -0.25) is 19.3 Å². The van der Waals surface area contributed by atoms with Crippen LogP contribution in [-0.4, -0.2) is 42.1 Å². The molecule has 2 aromatic rings. The molecule has 0 spiro atoms. The van der Waals surface area contributed by atoms with E-state index in [2.05, 4.69) is 0 Å². The van der Waals surface area contributed by atoms with Crippen molar-refractivity contribution in [1.29, 1.82) is 0 Å². The van der Waals surface area contributed by atoms with Crippen molar-refractivity contribution in [3.8, 4) is 11.5 Å². The van der Waals surface area contributed by atoms with E-state index in [0.29, 0.717) is 29.2 Å². The number of hydrogen-bond donors (Lipinski definition) is 0. The Morgan fingerprint density at radius 2 is 1.86 bits per heavy atom. The minimum absolute atomic E-state index is 0.264. The topological polar surface area (TPSA) is 72.9 Å². The van der Waals surface area contributed by atoms with Crippen LogP contribution < -0.4 is 9.47 Å². The molecule has 2 amide bonds. The monoisotopic (exact) mass is 411 g/mol. The molecule has 7 heteroatoms. The lowest BCUT2D eigenvalue weighted by molar-refractivity contribution is -0.122. The molecule has 0 radical (unpaired) electrons. The number of imide groups is 1. The molecule has 0 saturated carbocycles. The van der Waals surface area contributed by atoms with Crippen molar-refractivity contribution in [2.24, 2.45) is 0 Å². The number of carbonyl (C=O) groups is 3. The minimum Gasteiger partial charge on any atom is -0.493 e. The van der Waals surface area contributed by atoms with Gasteiger partial charge in [0, 0.05) is 5.56 Å². The summed E-state index contributed by atoms with van der Waals surface area (Å²) in [7, 11) is 1.54. The molecule has 1 aliphatic rings. The molecular weight excluding hydrogens is 390 g/mol. The third-order valence-electron chi connectivity index (χ3n) is 4.22. The fourth-order valence-electron chi connectivity index (χ4n) is 2.75. The van der Waals surface area contributed by atoms with Crippen LogP contribution in [0.25, 0.3) is 6.08 Å². The van der Waals surface area contributed by atoms with Crippen LogP contribution in [-0.2, 0) is 4.79 Å². The molecule has 1 heterocycles. The molecule has 3 rings (SSSR count). The molecule has 1 saturated heterocycles. The predicted octanol–water partition coefficient (Wildman–Crippen LogP) is 4.40. The second-order valence-corrected chi connectivity index (χ2v) is 7.31. The first-order valence-electron chi connectivity index (χ1n) is 9.18. The number of rotatable bonds is 8. The van der Waals surface area contributed by atoms with E-state index in [1.54, 1.807) is 61.7 Å². The average molecular weight is 411 g/mol. The molecule has 0 unspecified atom stereocenters. The largest absolute Gasteiger partial charge is 0.493 e. The van der Waals surface area contributed by atoms with E-state index in [1.165, 1.54) is 0 Å². The molecule has 6 nitrogen and oxygen atoms in total. The van der Waals surface area contributed by atoms with Gasteiger partial charge < -0.3 is 9.47 Å². The van der Waals surface area contributed by atoms with Crippen LogP contribution >= 0.6 is 11.8 Å². The summed E-state index contributed by atoms with van der Waals surface area (Å²) in [4.78, 5) is 38.5. The van der Waals surface area contributed by atoms with Gasteiger partial charge in [-0.2, -0.15) is 0 Å². The van der Waals surface area contributed by atoms with Gasteiger partial charge >= 0.3 is 0 Å². The highest BCUT2D eigenvalue weighted by molar-refractivity contribution is 8.18. The Kier molecular flexibility index (Phi) is 6.72. The van der Waals surface area contributed by atoms with E-state index < -0.39 is 11.1 Å². The standard InChI is InChI=1S/C22H21NO5S/c1-3-11-28-18-10-9-15(12-19(18)27-2)13-20-21(25)23(22(26)29-20)14-17(24)16-7-5-4-6-8-16/h4-10,12-13H,3,11,14H2,1-2H3/b20-13-. The lowest BCUT2D eigenvalue weighted by Crippen LogP contribution is -2.33. The van der Waals surface area contributed by atoms with E-state index in [1.807, 2.05) is 6.92 Å². The number of hydrogen-bond acceptors (Lipinski definition) is 6. The van der Waals surface area contributed by atoms with E-state index in [0.717, 1.165) is 23.1 Å². The van der Waals surface area contributed by atoms with Gasteiger partial charge in [-0.05, 0) is 42.0 Å². The number of ketones is 1. The van der Waals surface area contributed by atoms with Gasteiger partial charge in [0.15, 0.2) is 17.3 Å². The van der Waals surface area contributed by atoms with Crippen LogP contribution in [0.15, 0.2) is 53.4 Å². The first-order chi connectivity index (χ1) is 14.0. The first kappa shape index (κ1) is 20.7. The zero-order valence-electron chi connectivity index (χ0n) is 16.2.